The lowest BCUT2D eigenvalue weighted by atomic mass is 10.0. The van der Waals surface area contributed by atoms with Crippen LogP contribution in [0.15, 0.2) is 35.1 Å². The lowest BCUT2D eigenvalue weighted by Gasteiger charge is -2.10. The number of allylic oxidation sites excluding steroid dienone is 1. The third kappa shape index (κ3) is 2.96. The molecule has 0 bridgehead atoms. The molecule has 0 amide bonds. The molecular formula is C21H17F3N2O2. The van der Waals surface area contributed by atoms with Crippen molar-refractivity contribution in [1.82, 2.24) is 9.55 Å². The van der Waals surface area contributed by atoms with E-state index >= 15 is 0 Å². The third-order valence-electron chi connectivity index (χ3n) is 5.03. The fourth-order valence-corrected chi connectivity index (χ4v) is 3.60. The molecule has 7 heteroatoms. The van der Waals surface area contributed by atoms with Gasteiger partial charge in [0, 0.05) is 6.54 Å². The first-order valence-corrected chi connectivity index (χ1v) is 8.78. The standard InChI is InChI=1S/C21H17F3N2O2/c1-11-7-13(8-12(2)18(11)27)9-14-5-6-26-19(14)25-17-10-15(21(22,23)24)3-4-16(17)20(26)28/h3-4,7-10,27H,5-6H2,1-2H3/b14-9-. The van der Waals surface area contributed by atoms with Crippen LogP contribution in [0.3, 0.4) is 0 Å². The normalized spacial score (nSPS) is 15.4. The molecule has 4 rings (SSSR count). The van der Waals surface area contributed by atoms with Crippen LogP contribution in [-0.4, -0.2) is 14.7 Å². The van der Waals surface area contributed by atoms with Gasteiger partial charge in [-0.05, 0) is 78.9 Å². The van der Waals surface area contributed by atoms with Crippen LogP contribution in [0, 0.1) is 13.8 Å². The topological polar surface area (TPSA) is 55.1 Å². The van der Waals surface area contributed by atoms with Gasteiger partial charge in [0.2, 0.25) is 0 Å². The molecule has 2 heterocycles. The van der Waals surface area contributed by atoms with Gasteiger partial charge in [0.25, 0.3) is 5.56 Å². The molecule has 0 unspecified atom stereocenters. The van der Waals surface area contributed by atoms with Crippen LogP contribution in [0.4, 0.5) is 13.2 Å². The number of fused-ring (bicyclic) bond motifs is 2. The van der Waals surface area contributed by atoms with Crippen molar-refractivity contribution in [2.75, 3.05) is 0 Å². The minimum Gasteiger partial charge on any atom is -0.507 e. The number of benzene rings is 2. The van der Waals surface area contributed by atoms with Crippen molar-refractivity contribution < 1.29 is 18.3 Å². The highest BCUT2D eigenvalue weighted by molar-refractivity contribution is 5.85. The van der Waals surface area contributed by atoms with Crippen LogP contribution >= 0.6 is 0 Å². The lowest BCUT2D eigenvalue weighted by molar-refractivity contribution is -0.137. The van der Waals surface area contributed by atoms with Crippen molar-refractivity contribution in [3.05, 3.63) is 68.8 Å². The largest absolute Gasteiger partial charge is 0.507 e. The molecule has 0 saturated heterocycles. The van der Waals surface area contributed by atoms with Gasteiger partial charge in [-0.15, -0.1) is 0 Å². The Morgan fingerprint density at radius 3 is 2.46 bits per heavy atom. The number of aromatic nitrogens is 2. The van der Waals surface area contributed by atoms with Gasteiger partial charge in [-0.1, -0.05) is 0 Å². The second-order valence-electron chi connectivity index (χ2n) is 7.04. The van der Waals surface area contributed by atoms with Gasteiger partial charge in [0.1, 0.15) is 11.6 Å². The molecule has 1 aromatic heterocycles. The first-order valence-electron chi connectivity index (χ1n) is 8.78. The van der Waals surface area contributed by atoms with E-state index in [0.717, 1.165) is 34.4 Å². The first kappa shape index (κ1) is 18.3. The highest BCUT2D eigenvalue weighted by Gasteiger charge is 2.31. The van der Waals surface area contributed by atoms with E-state index in [4.69, 9.17) is 0 Å². The smallest absolute Gasteiger partial charge is 0.416 e. The van der Waals surface area contributed by atoms with Crippen molar-refractivity contribution in [2.24, 2.45) is 0 Å². The van der Waals surface area contributed by atoms with Crippen molar-refractivity contribution in [3.63, 3.8) is 0 Å². The van der Waals surface area contributed by atoms with E-state index in [1.807, 2.05) is 18.2 Å². The van der Waals surface area contributed by atoms with E-state index < -0.39 is 11.7 Å². The molecule has 0 atom stereocenters. The maximum absolute atomic E-state index is 13.0. The second-order valence-corrected chi connectivity index (χ2v) is 7.04. The lowest BCUT2D eigenvalue weighted by Crippen LogP contribution is -2.21. The molecular weight excluding hydrogens is 369 g/mol. The minimum atomic E-state index is -4.50. The number of phenols is 1. The van der Waals surface area contributed by atoms with Gasteiger partial charge >= 0.3 is 6.18 Å². The summed E-state index contributed by atoms with van der Waals surface area (Å²) in [7, 11) is 0. The number of halogens is 3. The molecule has 0 fully saturated rings. The van der Waals surface area contributed by atoms with E-state index in [0.29, 0.717) is 18.8 Å². The zero-order valence-electron chi connectivity index (χ0n) is 15.3. The summed E-state index contributed by atoms with van der Waals surface area (Å²) in [6.07, 6.45) is -2.07. The van der Waals surface area contributed by atoms with Crippen LogP contribution < -0.4 is 5.56 Å². The molecule has 0 aliphatic carbocycles. The number of phenolic OH excluding ortho intramolecular Hbond substituents is 1. The quantitative estimate of drug-likeness (QED) is 0.661. The van der Waals surface area contributed by atoms with Crippen LogP contribution in [0.25, 0.3) is 22.6 Å². The van der Waals surface area contributed by atoms with Crippen LogP contribution in [0.2, 0.25) is 0 Å². The summed E-state index contributed by atoms with van der Waals surface area (Å²) < 4.78 is 40.6. The Hall–Kier alpha value is -3.09. The van der Waals surface area contributed by atoms with Crippen LogP contribution in [0.5, 0.6) is 5.75 Å². The highest BCUT2D eigenvalue weighted by atomic mass is 19.4. The number of alkyl halides is 3. The Morgan fingerprint density at radius 1 is 1.14 bits per heavy atom. The number of aryl methyl sites for hydroxylation is 2. The molecule has 28 heavy (non-hydrogen) atoms. The van der Waals surface area contributed by atoms with Gasteiger partial charge in [-0.3, -0.25) is 9.36 Å². The first-order chi connectivity index (χ1) is 13.1. The Balaban J connectivity index is 1.88. The molecule has 4 nitrogen and oxygen atoms in total. The van der Waals surface area contributed by atoms with Crippen LogP contribution in [0.1, 0.15) is 34.5 Å². The molecule has 0 radical (unpaired) electrons. The number of aromatic hydroxyl groups is 1. The average molecular weight is 386 g/mol. The van der Waals surface area contributed by atoms with Gasteiger partial charge in [-0.25, -0.2) is 4.98 Å². The van der Waals surface area contributed by atoms with Crippen molar-refractivity contribution >= 4 is 22.6 Å². The fourth-order valence-electron chi connectivity index (χ4n) is 3.60. The Bertz CT molecular complexity index is 1180. The predicted molar refractivity (Wildman–Crippen MR) is 101 cm³/mol. The van der Waals surface area contributed by atoms with E-state index in [1.165, 1.54) is 10.6 Å². The number of nitrogens with zero attached hydrogens (tertiary/aromatic N) is 2. The maximum Gasteiger partial charge on any atom is 0.416 e. The van der Waals surface area contributed by atoms with E-state index in [9.17, 15) is 23.1 Å². The summed E-state index contributed by atoms with van der Waals surface area (Å²) in [5.41, 5.74) is 1.94. The van der Waals surface area contributed by atoms with E-state index in [2.05, 4.69) is 4.98 Å². The third-order valence-corrected chi connectivity index (χ3v) is 5.03. The van der Waals surface area contributed by atoms with Gasteiger partial charge in [-0.2, -0.15) is 13.2 Å². The molecule has 1 aliphatic rings. The summed E-state index contributed by atoms with van der Waals surface area (Å²) in [6, 6.07) is 6.65. The number of hydrogen-bond acceptors (Lipinski definition) is 3. The summed E-state index contributed by atoms with van der Waals surface area (Å²) in [5, 5.41) is 10.1. The summed E-state index contributed by atoms with van der Waals surface area (Å²) in [5.74, 6) is 0.620. The summed E-state index contributed by atoms with van der Waals surface area (Å²) in [4.78, 5) is 17.1. The molecule has 0 spiro atoms. The zero-order valence-corrected chi connectivity index (χ0v) is 15.3. The molecule has 144 valence electrons. The highest BCUT2D eigenvalue weighted by Crippen LogP contribution is 2.33. The summed E-state index contributed by atoms with van der Waals surface area (Å²) >= 11 is 0. The number of hydrogen-bond donors (Lipinski definition) is 1. The minimum absolute atomic E-state index is 0.0388. The Kier molecular flexibility index (Phi) is 4.06. The SMILES string of the molecule is Cc1cc(/C=C2/CCn3c2nc2cc(C(F)(F)F)ccc2c3=O)cc(C)c1O. The fraction of sp³-hybridized carbons (Fsp3) is 0.238. The Morgan fingerprint density at radius 2 is 1.82 bits per heavy atom. The molecule has 0 saturated carbocycles. The van der Waals surface area contributed by atoms with E-state index in [1.54, 1.807) is 13.8 Å². The van der Waals surface area contributed by atoms with Crippen molar-refractivity contribution in [3.8, 4) is 5.75 Å². The van der Waals surface area contributed by atoms with E-state index in [-0.39, 0.29) is 22.2 Å². The second kappa shape index (κ2) is 6.22. The molecule has 1 aliphatic heterocycles. The monoisotopic (exact) mass is 386 g/mol. The summed E-state index contributed by atoms with van der Waals surface area (Å²) in [6.45, 7) is 4.02. The van der Waals surface area contributed by atoms with Gasteiger partial charge < -0.3 is 5.11 Å². The van der Waals surface area contributed by atoms with Crippen molar-refractivity contribution in [1.29, 1.82) is 0 Å². The van der Waals surface area contributed by atoms with Crippen molar-refractivity contribution in [2.45, 2.75) is 33.0 Å². The zero-order chi connectivity index (χ0) is 20.2. The molecule has 1 N–H and O–H groups in total. The van der Waals surface area contributed by atoms with Crippen LogP contribution in [-0.2, 0) is 12.7 Å². The average Bonchev–Trinajstić information content (AvgIpc) is 3.01. The maximum atomic E-state index is 13.0. The predicted octanol–water partition coefficient (Wildman–Crippen LogP) is 4.68. The Labute approximate surface area is 158 Å². The molecule has 3 aromatic rings. The van der Waals surface area contributed by atoms with Gasteiger partial charge in [0.15, 0.2) is 0 Å². The molecule has 2 aromatic carbocycles. The number of rotatable bonds is 1. The van der Waals surface area contributed by atoms with Gasteiger partial charge in [0.05, 0.1) is 16.5 Å².